The molecule has 2 aromatic rings. The highest BCUT2D eigenvalue weighted by Crippen LogP contribution is 2.26. The van der Waals surface area contributed by atoms with Crippen LogP contribution < -0.4 is 4.74 Å². The summed E-state index contributed by atoms with van der Waals surface area (Å²) in [6.07, 6.45) is 4.12. The Labute approximate surface area is 152 Å². The number of hydrogen-bond acceptors (Lipinski definition) is 4. The van der Waals surface area contributed by atoms with Gasteiger partial charge >= 0.3 is 5.97 Å². The first-order valence-electron chi connectivity index (χ1n) is 8.35. The van der Waals surface area contributed by atoms with E-state index in [1.807, 2.05) is 36.4 Å². The van der Waals surface area contributed by atoms with Crippen LogP contribution in [0.2, 0.25) is 5.02 Å². The number of carboxylic acid groups (broad SMARTS) is 1. The van der Waals surface area contributed by atoms with Gasteiger partial charge in [0.05, 0.1) is 12.6 Å². The lowest BCUT2D eigenvalue weighted by atomic mass is 9.91. The zero-order chi connectivity index (χ0) is 17.6. The maximum absolute atomic E-state index is 11.3. The normalized spacial score (nSPS) is 21.0. The topological polar surface area (TPSA) is 62.7 Å². The van der Waals surface area contributed by atoms with Crippen LogP contribution in [0.25, 0.3) is 0 Å². The Morgan fingerprint density at radius 3 is 2.96 bits per heavy atom. The van der Waals surface area contributed by atoms with Crippen molar-refractivity contribution in [2.45, 2.75) is 25.5 Å². The SMILES string of the molecule is O=C(O)C[C@@H]1CN(Cc2cccc(Cl)c2)CC[C@H]1Oc1cccnc1. The molecule has 2 heterocycles. The number of likely N-dealkylation sites (tertiary alicyclic amines) is 1. The zero-order valence-corrected chi connectivity index (χ0v) is 14.6. The number of aliphatic carboxylic acids is 1. The van der Waals surface area contributed by atoms with E-state index in [4.69, 9.17) is 16.3 Å². The minimum Gasteiger partial charge on any atom is -0.488 e. The number of pyridine rings is 1. The third kappa shape index (κ3) is 5.18. The van der Waals surface area contributed by atoms with Crippen molar-refractivity contribution >= 4 is 17.6 Å². The summed E-state index contributed by atoms with van der Waals surface area (Å²) in [5.74, 6) is -0.175. The van der Waals surface area contributed by atoms with Crippen LogP contribution in [0.1, 0.15) is 18.4 Å². The number of halogens is 1. The van der Waals surface area contributed by atoms with Crippen molar-refractivity contribution in [3.05, 3.63) is 59.4 Å². The van der Waals surface area contributed by atoms with E-state index in [1.165, 1.54) is 0 Å². The number of carboxylic acids is 1. The average molecular weight is 361 g/mol. The summed E-state index contributed by atoms with van der Waals surface area (Å²) < 4.78 is 6.01. The quantitative estimate of drug-likeness (QED) is 0.854. The van der Waals surface area contributed by atoms with E-state index in [-0.39, 0.29) is 18.4 Å². The smallest absolute Gasteiger partial charge is 0.303 e. The molecule has 0 unspecified atom stereocenters. The van der Waals surface area contributed by atoms with Gasteiger partial charge in [-0.25, -0.2) is 0 Å². The van der Waals surface area contributed by atoms with Gasteiger partial charge in [-0.1, -0.05) is 23.7 Å². The minimum absolute atomic E-state index is 0.0642. The van der Waals surface area contributed by atoms with Crippen molar-refractivity contribution in [3.63, 3.8) is 0 Å². The molecule has 1 fully saturated rings. The maximum atomic E-state index is 11.3. The van der Waals surface area contributed by atoms with E-state index in [2.05, 4.69) is 9.88 Å². The number of benzene rings is 1. The lowest BCUT2D eigenvalue weighted by Crippen LogP contribution is -2.46. The first kappa shape index (κ1) is 17.7. The minimum atomic E-state index is -0.797. The fourth-order valence-electron chi connectivity index (χ4n) is 3.29. The van der Waals surface area contributed by atoms with Crippen LogP contribution in [0, 0.1) is 5.92 Å². The highest BCUT2D eigenvalue weighted by atomic mass is 35.5. The molecule has 25 heavy (non-hydrogen) atoms. The van der Waals surface area contributed by atoms with Crippen LogP contribution in [0.3, 0.4) is 0 Å². The number of rotatable bonds is 6. The van der Waals surface area contributed by atoms with Gasteiger partial charge in [0.15, 0.2) is 0 Å². The van der Waals surface area contributed by atoms with E-state index in [0.29, 0.717) is 12.3 Å². The van der Waals surface area contributed by atoms with Crippen LogP contribution in [-0.2, 0) is 11.3 Å². The summed E-state index contributed by atoms with van der Waals surface area (Å²) in [6.45, 7) is 2.30. The van der Waals surface area contributed by atoms with Crippen molar-refractivity contribution in [1.82, 2.24) is 9.88 Å². The Morgan fingerprint density at radius 1 is 1.36 bits per heavy atom. The molecule has 1 N–H and O–H groups in total. The summed E-state index contributed by atoms with van der Waals surface area (Å²) in [6, 6.07) is 11.4. The average Bonchev–Trinajstić information content (AvgIpc) is 2.58. The Hall–Kier alpha value is -2.11. The molecular formula is C19H21ClN2O3. The molecule has 0 spiro atoms. The van der Waals surface area contributed by atoms with Gasteiger partial charge in [-0.2, -0.15) is 0 Å². The standard InChI is InChI=1S/C19H21ClN2O3/c20-16-4-1-3-14(9-16)12-22-8-6-18(15(13-22)10-19(23)24)25-17-5-2-7-21-11-17/h1-5,7,9,11,15,18H,6,8,10,12-13H2,(H,23,24)/t15-,18-/m1/s1. The number of nitrogens with zero attached hydrogens (tertiary/aromatic N) is 2. The number of hydrogen-bond donors (Lipinski definition) is 1. The molecule has 1 aromatic heterocycles. The second kappa shape index (κ2) is 8.32. The first-order valence-corrected chi connectivity index (χ1v) is 8.73. The molecule has 6 heteroatoms. The second-order valence-corrected chi connectivity index (χ2v) is 6.79. The maximum Gasteiger partial charge on any atom is 0.303 e. The Kier molecular flexibility index (Phi) is 5.89. The van der Waals surface area contributed by atoms with Gasteiger partial charge in [0.1, 0.15) is 11.9 Å². The Balaban J connectivity index is 1.66. The molecule has 0 aliphatic carbocycles. The largest absolute Gasteiger partial charge is 0.488 e. The van der Waals surface area contributed by atoms with Crippen molar-refractivity contribution in [2.75, 3.05) is 13.1 Å². The summed E-state index contributed by atoms with van der Waals surface area (Å²) >= 11 is 6.05. The lowest BCUT2D eigenvalue weighted by molar-refractivity contribution is -0.139. The van der Waals surface area contributed by atoms with E-state index >= 15 is 0 Å². The molecule has 1 saturated heterocycles. The highest BCUT2D eigenvalue weighted by molar-refractivity contribution is 6.30. The lowest BCUT2D eigenvalue weighted by Gasteiger charge is -2.38. The predicted octanol–water partition coefficient (Wildman–Crippen LogP) is 3.48. The summed E-state index contributed by atoms with van der Waals surface area (Å²) in [5, 5.41) is 9.98. The van der Waals surface area contributed by atoms with Crippen LogP contribution in [0.15, 0.2) is 48.8 Å². The Bertz CT molecular complexity index is 711. The monoisotopic (exact) mass is 360 g/mol. The molecule has 5 nitrogen and oxygen atoms in total. The number of ether oxygens (including phenoxy) is 1. The first-order chi connectivity index (χ1) is 12.1. The fourth-order valence-corrected chi connectivity index (χ4v) is 3.50. The molecular weight excluding hydrogens is 340 g/mol. The van der Waals surface area contributed by atoms with Gasteiger partial charge < -0.3 is 9.84 Å². The fraction of sp³-hybridized carbons (Fsp3) is 0.368. The van der Waals surface area contributed by atoms with Gasteiger partial charge in [0.25, 0.3) is 0 Å². The van der Waals surface area contributed by atoms with E-state index < -0.39 is 5.97 Å². The molecule has 3 rings (SSSR count). The van der Waals surface area contributed by atoms with E-state index in [1.54, 1.807) is 12.4 Å². The van der Waals surface area contributed by atoms with Crippen molar-refractivity contribution < 1.29 is 14.6 Å². The predicted molar refractivity (Wildman–Crippen MR) is 95.7 cm³/mol. The Morgan fingerprint density at radius 2 is 2.24 bits per heavy atom. The second-order valence-electron chi connectivity index (χ2n) is 6.36. The third-order valence-electron chi connectivity index (χ3n) is 4.40. The van der Waals surface area contributed by atoms with Crippen molar-refractivity contribution in [1.29, 1.82) is 0 Å². The third-order valence-corrected chi connectivity index (χ3v) is 4.64. The summed E-state index contributed by atoms with van der Waals surface area (Å²) in [7, 11) is 0. The zero-order valence-electron chi connectivity index (χ0n) is 13.8. The van der Waals surface area contributed by atoms with E-state index in [0.717, 1.165) is 30.1 Å². The molecule has 1 aliphatic rings. The molecule has 0 radical (unpaired) electrons. The van der Waals surface area contributed by atoms with Gasteiger partial charge in [-0.3, -0.25) is 14.7 Å². The molecule has 132 valence electrons. The summed E-state index contributed by atoms with van der Waals surface area (Å²) in [5.41, 5.74) is 1.13. The van der Waals surface area contributed by atoms with E-state index in [9.17, 15) is 9.90 Å². The van der Waals surface area contributed by atoms with Crippen LogP contribution in [0.4, 0.5) is 0 Å². The van der Waals surface area contributed by atoms with Gasteiger partial charge in [0.2, 0.25) is 0 Å². The molecule has 1 aliphatic heterocycles. The molecule has 2 atom stereocenters. The molecule has 0 saturated carbocycles. The van der Waals surface area contributed by atoms with Gasteiger partial charge in [0, 0.05) is 36.8 Å². The van der Waals surface area contributed by atoms with Crippen LogP contribution in [-0.4, -0.2) is 40.2 Å². The number of aromatic nitrogens is 1. The van der Waals surface area contributed by atoms with Crippen LogP contribution in [0.5, 0.6) is 5.75 Å². The summed E-state index contributed by atoms with van der Waals surface area (Å²) in [4.78, 5) is 17.6. The molecule has 0 amide bonds. The van der Waals surface area contributed by atoms with Crippen molar-refractivity contribution in [2.24, 2.45) is 5.92 Å². The highest BCUT2D eigenvalue weighted by Gasteiger charge is 2.32. The molecule has 1 aromatic carbocycles. The van der Waals surface area contributed by atoms with Crippen molar-refractivity contribution in [3.8, 4) is 5.75 Å². The molecule has 0 bridgehead atoms. The van der Waals surface area contributed by atoms with Gasteiger partial charge in [-0.15, -0.1) is 0 Å². The number of piperidine rings is 1. The number of carbonyl (C=O) groups is 1. The van der Waals surface area contributed by atoms with Crippen LogP contribution >= 0.6 is 11.6 Å². The van der Waals surface area contributed by atoms with Gasteiger partial charge in [-0.05, 0) is 36.2 Å².